The fourth-order valence-electron chi connectivity index (χ4n) is 8.66. The molecule has 4 aromatic rings. The number of nitrogens with two attached hydrogens (primary N) is 2. The van der Waals surface area contributed by atoms with Crippen molar-refractivity contribution >= 4 is 11.3 Å². The molecule has 3 aliphatic rings. The molecular formula is C58H57N3. The molecule has 4 aromatic carbocycles. The monoisotopic (exact) mass is 795 g/mol. The quantitative estimate of drug-likeness (QED) is 0.140. The Morgan fingerprint density at radius 3 is 2.03 bits per heavy atom. The normalized spacial score (nSPS) is 21.0. The summed E-state index contributed by atoms with van der Waals surface area (Å²) in [6, 6.07) is 39.0. The third kappa shape index (κ3) is 10.6. The molecule has 1 aliphatic heterocycles. The van der Waals surface area contributed by atoms with Crippen LogP contribution in [0.4, 0.5) is 5.69 Å². The van der Waals surface area contributed by atoms with Crippen LogP contribution in [0.25, 0.3) is 27.8 Å². The van der Waals surface area contributed by atoms with Gasteiger partial charge in [0.25, 0.3) is 0 Å². The summed E-state index contributed by atoms with van der Waals surface area (Å²) in [5.41, 5.74) is 27.6. The SMILES string of the molecule is C=C/C(=C\C=C/C1=C(C(=C)\C=C/C(=C\N)C2=C/C[C@H]3CCCCC3N(c3cc(-c4ccccc4)cc(-c4ccccc4)c3)C(=C)/C=C\2)C/C(=C\C=C/N)C=C1)c1ccccc1. The molecule has 0 saturated heterocycles. The van der Waals surface area contributed by atoms with Crippen LogP contribution in [0, 0.1) is 5.92 Å². The molecule has 2 atom stereocenters. The number of benzene rings is 4. The molecule has 1 unspecified atom stereocenters. The minimum Gasteiger partial charge on any atom is -0.405 e. The molecule has 61 heavy (non-hydrogen) atoms. The summed E-state index contributed by atoms with van der Waals surface area (Å²) in [5.74, 6) is 0.456. The van der Waals surface area contributed by atoms with Crippen molar-refractivity contribution in [3.05, 3.63) is 265 Å². The van der Waals surface area contributed by atoms with Gasteiger partial charge < -0.3 is 16.4 Å². The molecule has 1 heterocycles. The van der Waals surface area contributed by atoms with Gasteiger partial charge in [0.05, 0.1) is 0 Å². The van der Waals surface area contributed by atoms with Crippen molar-refractivity contribution in [1.29, 1.82) is 0 Å². The van der Waals surface area contributed by atoms with Gasteiger partial charge in [-0.05, 0) is 135 Å². The second-order valence-electron chi connectivity index (χ2n) is 15.8. The second kappa shape index (κ2) is 20.7. The zero-order valence-corrected chi connectivity index (χ0v) is 35.2. The van der Waals surface area contributed by atoms with E-state index in [1.807, 2.05) is 36.4 Å². The Labute approximate surface area is 363 Å². The third-order valence-corrected chi connectivity index (χ3v) is 11.9. The van der Waals surface area contributed by atoms with Crippen LogP contribution in [0.5, 0.6) is 0 Å². The van der Waals surface area contributed by atoms with Crippen molar-refractivity contribution in [3.63, 3.8) is 0 Å². The second-order valence-corrected chi connectivity index (χ2v) is 15.8. The lowest BCUT2D eigenvalue weighted by Gasteiger charge is -2.41. The third-order valence-electron chi connectivity index (χ3n) is 11.9. The molecule has 0 radical (unpaired) electrons. The first-order valence-corrected chi connectivity index (χ1v) is 21.4. The first kappa shape index (κ1) is 42.0. The Hall–Kier alpha value is -7.10. The van der Waals surface area contributed by atoms with E-state index in [4.69, 9.17) is 18.0 Å². The van der Waals surface area contributed by atoms with Crippen molar-refractivity contribution in [2.75, 3.05) is 4.90 Å². The average molecular weight is 796 g/mol. The summed E-state index contributed by atoms with van der Waals surface area (Å²) in [4.78, 5) is 2.52. The van der Waals surface area contributed by atoms with Crippen LogP contribution in [0.2, 0.25) is 0 Å². The van der Waals surface area contributed by atoms with E-state index in [-0.39, 0.29) is 0 Å². The highest BCUT2D eigenvalue weighted by atomic mass is 15.2. The Kier molecular flexibility index (Phi) is 14.3. The maximum absolute atomic E-state index is 6.46. The van der Waals surface area contributed by atoms with Gasteiger partial charge in [0.1, 0.15) is 0 Å². The fourth-order valence-corrected chi connectivity index (χ4v) is 8.66. The first-order valence-electron chi connectivity index (χ1n) is 21.4. The van der Waals surface area contributed by atoms with Crippen LogP contribution in [-0.2, 0) is 0 Å². The summed E-state index contributed by atoms with van der Waals surface area (Å²) in [6.45, 7) is 13.4. The molecule has 7 rings (SSSR count). The van der Waals surface area contributed by atoms with Gasteiger partial charge in [-0.1, -0.05) is 190 Å². The lowest BCUT2D eigenvalue weighted by Crippen LogP contribution is -2.41. The van der Waals surface area contributed by atoms with Crippen molar-refractivity contribution in [3.8, 4) is 22.3 Å². The minimum atomic E-state index is 0.316. The molecule has 4 N–H and O–H groups in total. The topological polar surface area (TPSA) is 55.3 Å². The van der Waals surface area contributed by atoms with Crippen LogP contribution < -0.4 is 16.4 Å². The number of nitrogens with zero attached hydrogens (tertiary/aromatic N) is 1. The van der Waals surface area contributed by atoms with Crippen molar-refractivity contribution in [1.82, 2.24) is 0 Å². The molecule has 0 amide bonds. The molecule has 304 valence electrons. The first-order chi connectivity index (χ1) is 29.9. The lowest BCUT2D eigenvalue weighted by molar-refractivity contribution is 0.304. The summed E-state index contributed by atoms with van der Waals surface area (Å²) in [6.07, 6.45) is 37.0. The van der Waals surface area contributed by atoms with Gasteiger partial charge in [-0.15, -0.1) is 0 Å². The van der Waals surface area contributed by atoms with Crippen LogP contribution in [0.1, 0.15) is 44.1 Å². The summed E-state index contributed by atoms with van der Waals surface area (Å²) >= 11 is 0. The smallest absolute Gasteiger partial charge is 0.0425 e. The highest BCUT2D eigenvalue weighted by Gasteiger charge is 2.32. The number of allylic oxidation sites excluding steroid dienone is 20. The standard InChI is InChI=1S/C58H57N3/c1-4-46(47-19-8-5-9-20-47)26-16-27-51-34-31-45(18-17-37-59)38-57(51)43(2)29-32-53(42-60)50-33-30-44(3)61(58-28-15-14-25-52(58)36-35-50)56-40-54(48-21-10-6-11-22-48)39-55(41-56)49-23-12-7-13-24-49/h4-13,16-24,26-27,29-35,37,39-42,52,58H,1-3,14-15,25,28,36,38,59-60H2/b27-16-,32-29-,33-30-,37-17-,45-18-,46-26+,50-35+,53-42+/t52-,58?/m1/s1. The summed E-state index contributed by atoms with van der Waals surface area (Å²) in [7, 11) is 0. The van der Waals surface area contributed by atoms with E-state index in [1.165, 1.54) is 47.2 Å². The Balaban J connectivity index is 1.19. The Bertz CT molecular complexity index is 2470. The minimum absolute atomic E-state index is 0.316. The van der Waals surface area contributed by atoms with E-state index in [1.54, 1.807) is 12.4 Å². The van der Waals surface area contributed by atoms with Crippen LogP contribution >= 0.6 is 0 Å². The van der Waals surface area contributed by atoms with Gasteiger partial charge in [0.2, 0.25) is 0 Å². The van der Waals surface area contributed by atoms with Gasteiger partial charge in [-0.2, -0.15) is 0 Å². The largest absolute Gasteiger partial charge is 0.405 e. The van der Waals surface area contributed by atoms with Gasteiger partial charge in [0, 0.05) is 23.6 Å². The molecule has 3 nitrogen and oxygen atoms in total. The maximum atomic E-state index is 6.46. The number of rotatable bonds is 12. The van der Waals surface area contributed by atoms with E-state index in [0.717, 1.165) is 69.5 Å². The molecule has 1 saturated carbocycles. The zero-order chi connectivity index (χ0) is 42.4. The average Bonchev–Trinajstić information content (AvgIpc) is 3.38. The van der Waals surface area contributed by atoms with Crippen molar-refractivity contribution in [2.45, 2.75) is 44.6 Å². The molecular weight excluding hydrogens is 739 g/mol. The number of fused-ring (bicyclic) bond motifs is 1. The van der Waals surface area contributed by atoms with Gasteiger partial charge in [-0.25, -0.2) is 0 Å². The van der Waals surface area contributed by atoms with Gasteiger partial charge in [-0.3, -0.25) is 0 Å². The number of anilines is 1. The van der Waals surface area contributed by atoms with Gasteiger partial charge >= 0.3 is 0 Å². The van der Waals surface area contributed by atoms with Crippen LogP contribution in [0.15, 0.2) is 259 Å². The fraction of sp³-hybridized carbons (Fsp3) is 0.138. The number of hydrogen-bond donors (Lipinski definition) is 2. The molecule has 0 bridgehead atoms. The molecule has 0 aromatic heterocycles. The highest BCUT2D eigenvalue weighted by molar-refractivity contribution is 5.80. The maximum Gasteiger partial charge on any atom is 0.0425 e. The Morgan fingerprint density at radius 1 is 0.705 bits per heavy atom. The van der Waals surface area contributed by atoms with E-state index < -0.39 is 0 Å². The Morgan fingerprint density at radius 2 is 1.38 bits per heavy atom. The zero-order valence-electron chi connectivity index (χ0n) is 35.2. The van der Waals surface area contributed by atoms with Gasteiger partial charge in [0.15, 0.2) is 0 Å². The van der Waals surface area contributed by atoms with E-state index in [9.17, 15) is 0 Å². The van der Waals surface area contributed by atoms with Crippen LogP contribution in [0.3, 0.4) is 0 Å². The molecule has 0 spiro atoms. The van der Waals surface area contributed by atoms with Crippen LogP contribution in [-0.4, -0.2) is 6.04 Å². The number of hydrogen-bond acceptors (Lipinski definition) is 3. The van der Waals surface area contributed by atoms with E-state index in [0.29, 0.717) is 12.0 Å². The summed E-state index contributed by atoms with van der Waals surface area (Å²) < 4.78 is 0. The lowest BCUT2D eigenvalue weighted by atomic mass is 9.80. The molecule has 3 heteroatoms. The van der Waals surface area contributed by atoms with Crippen molar-refractivity contribution < 1.29 is 0 Å². The molecule has 1 fully saturated rings. The van der Waals surface area contributed by atoms with Crippen molar-refractivity contribution in [2.24, 2.45) is 17.4 Å². The molecule has 2 aliphatic carbocycles. The predicted octanol–water partition coefficient (Wildman–Crippen LogP) is 14.2. The predicted molar refractivity (Wildman–Crippen MR) is 263 cm³/mol. The highest BCUT2D eigenvalue weighted by Crippen LogP contribution is 2.41. The van der Waals surface area contributed by atoms with E-state index in [2.05, 4.69) is 170 Å². The van der Waals surface area contributed by atoms with E-state index >= 15 is 0 Å². The summed E-state index contributed by atoms with van der Waals surface area (Å²) in [5, 5.41) is 0.